The molecule has 0 saturated carbocycles. The lowest BCUT2D eigenvalue weighted by molar-refractivity contribution is 0.269. The van der Waals surface area contributed by atoms with E-state index in [9.17, 15) is 9.59 Å². The van der Waals surface area contributed by atoms with Gasteiger partial charge in [-0.05, 0) is 30.0 Å². The van der Waals surface area contributed by atoms with Crippen molar-refractivity contribution in [2.24, 2.45) is 20.0 Å². The summed E-state index contributed by atoms with van der Waals surface area (Å²) < 4.78 is 5.37. The maximum Gasteiger partial charge on any atom is 0.332 e. The molecule has 0 spiro atoms. The van der Waals surface area contributed by atoms with Crippen LogP contribution in [0, 0.1) is 5.92 Å². The van der Waals surface area contributed by atoms with Crippen LogP contribution < -0.4 is 11.2 Å². The standard InChI is InChI=1S/C19H23BrN4O3S/c1-12(7-8-25)11-28-18-21-16-15(17(26)23(3)19(27)22(16)2)24(18)10-13-5-4-6-14(20)9-13/h4-6,9,12,25H,7-8,10-11H2,1-3H3. The maximum absolute atomic E-state index is 12.9. The molecule has 3 rings (SSSR count). The van der Waals surface area contributed by atoms with Crippen LogP contribution in [-0.4, -0.2) is 36.2 Å². The maximum atomic E-state index is 12.9. The largest absolute Gasteiger partial charge is 0.396 e. The second-order valence-electron chi connectivity index (χ2n) is 6.92. The molecule has 0 saturated heterocycles. The molecule has 2 aromatic heterocycles. The molecular formula is C19H23BrN4O3S. The zero-order valence-corrected chi connectivity index (χ0v) is 18.5. The van der Waals surface area contributed by atoms with Gasteiger partial charge in [0.1, 0.15) is 0 Å². The Bertz CT molecular complexity index is 1120. The van der Waals surface area contributed by atoms with E-state index in [0.29, 0.717) is 35.2 Å². The van der Waals surface area contributed by atoms with Crippen LogP contribution in [-0.2, 0) is 20.6 Å². The first kappa shape index (κ1) is 20.9. The number of hydrogen-bond acceptors (Lipinski definition) is 5. The van der Waals surface area contributed by atoms with Gasteiger partial charge in [-0.15, -0.1) is 0 Å². The molecule has 0 radical (unpaired) electrons. The smallest absolute Gasteiger partial charge is 0.332 e. The topological polar surface area (TPSA) is 82.1 Å². The highest BCUT2D eigenvalue weighted by Crippen LogP contribution is 2.26. The van der Waals surface area contributed by atoms with E-state index in [-0.39, 0.29) is 12.2 Å². The van der Waals surface area contributed by atoms with Crippen molar-refractivity contribution in [1.29, 1.82) is 0 Å². The van der Waals surface area contributed by atoms with E-state index in [1.54, 1.807) is 7.05 Å². The molecule has 150 valence electrons. The summed E-state index contributed by atoms with van der Waals surface area (Å²) in [6.07, 6.45) is 0.707. The van der Waals surface area contributed by atoms with Crippen LogP contribution >= 0.6 is 27.7 Å². The van der Waals surface area contributed by atoms with E-state index >= 15 is 0 Å². The number of benzene rings is 1. The molecule has 3 aromatic rings. The molecule has 1 atom stereocenters. The van der Waals surface area contributed by atoms with E-state index in [0.717, 1.165) is 20.4 Å². The van der Waals surface area contributed by atoms with Crippen LogP contribution in [0.2, 0.25) is 0 Å². The number of aliphatic hydroxyl groups is 1. The number of imidazole rings is 1. The fourth-order valence-corrected chi connectivity index (χ4v) is 4.53. The number of nitrogens with zero attached hydrogens (tertiary/aromatic N) is 4. The Balaban J connectivity index is 2.14. The lowest BCUT2D eigenvalue weighted by atomic mass is 10.1. The second-order valence-corrected chi connectivity index (χ2v) is 8.82. The Morgan fingerprint density at radius 1 is 1.25 bits per heavy atom. The molecule has 2 heterocycles. The third-order valence-electron chi connectivity index (χ3n) is 4.66. The van der Waals surface area contributed by atoms with E-state index in [4.69, 9.17) is 5.11 Å². The zero-order valence-electron chi connectivity index (χ0n) is 16.1. The lowest BCUT2D eigenvalue weighted by Crippen LogP contribution is -2.37. The third-order valence-corrected chi connectivity index (χ3v) is 6.46. The molecule has 1 aromatic carbocycles. The van der Waals surface area contributed by atoms with Crippen LogP contribution in [0.5, 0.6) is 0 Å². The van der Waals surface area contributed by atoms with Gasteiger partial charge in [-0.25, -0.2) is 9.78 Å². The summed E-state index contributed by atoms with van der Waals surface area (Å²) in [5.41, 5.74) is 1.09. The highest BCUT2D eigenvalue weighted by molar-refractivity contribution is 9.10. The second kappa shape index (κ2) is 8.67. The number of thioether (sulfide) groups is 1. The monoisotopic (exact) mass is 466 g/mol. The molecule has 0 aliphatic heterocycles. The highest BCUT2D eigenvalue weighted by Gasteiger charge is 2.20. The van der Waals surface area contributed by atoms with Gasteiger partial charge < -0.3 is 9.67 Å². The number of aliphatic hydroxyl groups excluding tert-OH is 1. The van der Waals surface area contributed by atoms with Crippen LogP contribution in [0.3, 0.4) is 0 Å². The molecule has 28 heavy (non-hydrogen) atoms. The van der Waals surface area contributed by atoms with Gasteiger partial charge in [0, 0.05) is 30.9 Å². The zero-order chi connectivity index (χ0) is 20.4. The van der Waals surface area contributed by atoms with Crippen molar-refractivity contribution in [3.8, 4) is 0 Å². The summed E-state index contributed by atoms with van der Waals surface area (Å²) in [5, 5.41) is 9.83. The number of hydrogen-bond donors (Lipinski definition) is 1. The first-order chi connectivity index (χ1) is 13.3. The van der Waals surface area contributed by atoms with Crippen molar-refractivity contribution >= 4 is 38.9 Å². The van der Waals surface area contributed by atoms with Gasteiger partial charge in [0.05, 0.1) is 6.54 Å². The minimum Gasteiger partial charge on any atom is -0.396 e. The van der Waals surface area contributed by atoms with Crippen LogP contribution in [0.1, 0.15) is 18.9 Å². The molecule has 0 aliphatic carbocycles. The molecule has 0 bridgehead atoms. The molecule has 0 amide bonds. The summed E-state index contributed by atoms with van der Waals surface area (Å²) in [6.45, 7) is 2.69. The van der Waals surface area contributed by atoms with Gasteiger partial charge in [0.15, 0.2) is 16.3 Å². The highest BCUT2D eigenvalue weighted by atomic mass is 79.9. The molecule has 0 fully saturated rings. The Morgan fingerprint density at radius 2 is 2.00 bits per heavy atom. The fourth-order valence-electron chi connectivity index (χ4n) is 3.02. The van der Waals surface area contributed by atoms with Crippen LogP contribution in [0.25, 0.3) is 11.2 Å². The number of rotatable bonds is 7. The van der Waals surface area contributed by atoms with Gasteiger partial charge in [-0.3, -0.25) is 13.9 Å². The van der Waals surface area contributed by atoms with Crippen molar-refractivity contribution in [3.63, 3.8) is 0 Å². The summed E-state index contributed by atoms with van der Waals surface area (Å²) in [5.74, 6) is 1.07. The van der Waals surface area contributed by atoms with Crippen molar-refractivity contribution in [2.45, 2.75) is 25.0 Å². The summed E-state index contributed by atoms with van der Waals surface area (Å²) in [6, 6.07) is 7.89. The van der Waals surface area contributed by atoms with E-state index in [2.05, 4.69) is 27.8 Å². The fraction of sp³-hybridized carbons (Fsp3) is 0.421. The third kappa shape index (κ3) is 4.11. The van der Waals surface area contributed by atoms with Gasteiger partial charge >= 0.3 is 5.69 Å². The molecule has 7 nitrogen and oxygen atoms in total. The summed E-state index contributed by atoms with van der Waals surface area (Å²) >= 11 is 5.02. The number of fused-ring (bicyclic) bond motifs is 1. The molecule has 1 unspecified atom stereocenters. The summed E-state index contributed by atoms with van der Waals surface area (Å²) in [4.78, 5) is 29.8. The van der Waals surface area contributed by atoms with E-state index in [1.807, 2.05) is 28.8 Å². The lowest BCUT2D eigenvalue weighted by Gasteiger charge is -2.12. The van der Waals surface area contributed by atoms with Gasteiger partial charge in [-0.1, -0.05) is 46.7 Å². The van der Waals surface area contributed by atoms with Gasteiger partial charge in [0.2, 0.25) is 0 Å². The Labute approximate surface area is 175 Å². The Kier molecular flexibility index (Phi) is 6.47. The first-order valence-electron chi connectivity index (χ1n) is 8.97. The van der Waals surface area contributed by atoms with Crippen molar-refractivity contribution < 1.29 is 5.11 Å². The first-order valence-corrected chi connectivity index (χ1v) is 10.8. The SMILES string of the molecule is CC(CCO)CSc1nc2c(c(=O)n(C)c(=O)n2C)n1Cc1cccc(Br)c1. The Morgan fingerprint density at radius 3 is 2.68 bits per heavy atom. The summed E-state index contributed by atoms with van der Waals surface area (Å²) in [7, 11) is 3.11. The van der Waals surface area contributed by atoms with Gasteiger partial charge in [0.25, 0.3) is 5.56 Å². The minimum absolute atomic E-state index is 0.144. The quantitative estimate of drug-likeness (QED) is 0.540. The number of aryl methyl sites for hydroxylation is 1. The average Bonchev–Trinajstić information content (AvgIpc) is 3.02. The predicted octanol–water partition coefficient (Wildman–Crippen LogP) is 2.36. The van der Waals surface area contributed by atoms with Crippen molar-refractivity contribution in [3.05, 3.63) is 55.1 Å². The Hall–Kier alpha value is -1.84. The molecule has 0 aliphatic rings. The van der Waals surface area contributed by atoms with E-state index in [1.165, 1.54) is 23.4 Å². The molecular weight excluding hydrogens is 444 g/mol. The molecule has 9 heteroatoms. The predicted molar refractivity (Wildman–Crippen MR) is 115 cm³/mol. The van der Waals surface area contributed by atoms with Crippen molar-refractivity contribution in [2.75, 3.05) is 12.4 Å². The average molecular weight is 467 g/mol. The van der Waals surface area contributed by atoms with Crippen LogP contribution in [0.4, 0.5) is 0 Å². The number of halogens is 1. The molecule has 1 N–H and O–H groups in total. The minimum atomic E-state index is -0.394. The van der Waals surface area contributed by atoms with Gasteiger partial charge in [-0.2, -0.15) is 0 Å². The van der Waals surface area contributed by atoms with Crippen LogP contribution in [0.15, 0.2) is 43.5 Å². The number of aromatic nitrogens is 4. The normalized spacial score (nSPS) is 12.6. The van der Waals surface area contributed by atoms with Crippen molar-refractivity contribution in [1.82, 2.24) is 18.7 Å². The van der Waals surface area contributed by atoms with E-state index < -0.39 is 5.69 Å².